The first-order valence-electron chi connectivity index (χ1n) is 10.6. The van der Waals surface area contributed by atoms with Crippen molar-refractivity contribution in [2.75, 3.05) is 56.8 Å². The Morgan fingerprint density at radius 2 is 1.65 bits per heavy atom. The van der Waals surface area contributed by atoms with E-state index in [2.05, 4.69) is 21.2 Å². The first-order valence-corrected chi connectivity index (χ1v) is 10.6. The molecule has 0 bridgehead atoms. The van der Waals surface area contributed by atoms with Gasteiger partial charge in [-0.1, -0.05) is 12.1 Å². The van der Waals surface area contributed by atoms with Gasteiger partial charge in [-0.25, -0.2) is 9.59 Å². The Bertz CT molecular complexity index is 1010. The summed E-state index contributed by atoms with van der Waals surface area (Å²) in [5.74, 6) is -1.36. The molecule has 4 rings (SSSR count). The van der Waals surface area contributed by atoms with Gasteiger partial charge in [-0.05, 0) is 24.3 Å². The minimum Gasteiger partial charge on any atom is -0.495 e. The summed E-state index contributed by atoms with van der Waals surface area (Å²) in [6, 6.07) is 13.5. The highest BCUT2D eigenvalue weighted by molar-refractivity contribution is 6.27. The first-order chi connectivity index (χ1) is 16.4. The van der Waals surface area contributed by atoms with Crippen molar-refractivity contribution >= 4 is 29.2 Å². The molecule has 2 heterocycles. The molecule has 0 atom stereocenters. The second-order valence-corrected chi connectivity index (χ2v) is 7.48. The van der Waals surface area contributed by atoms with Crippen LogP contribution in [0.3, 0.4) is 0 Å². The van der Waals surface area contributed by atoms with Crippen LogP contribution in [0, 0.1) is 0 Å². The topological polar surface area (TPSA) is 138 Å². The van der Waals surface area contributed by atoms with Crippen LogP contribution in [0.25, 0.3) is 0 Å². The molecule has 1 saturated heterocycles. The Balaban J connectivity index is 0.000000481. The second-order valence-electron chi connectivity index (χ2n) is 7.48. The van der Waals surface area contributed by atoms with Crippen molar-refractivity contribution in [3.05, 3.63) is 42.5 Å². The SMILES string of the molecule is COc1ccccc1N1CCN(CCC(=O)Nc2ccc3c(c2)OCO3)CC1.O=C(O)C(=O)O. The molecule has 182 valence electrons. The number of carboxylic acids is 2. The number of carbonyl (C=O) groups is 3. The van der Waals surface area contributed by atoms with Crippen LogP contribution in [0.5, 0.6) is 17.2 Å². The van der Waals surface area contributed by atoms with Gasteiger partial charge in [0.25, 0.3) is 0 Å². The van der Waals surface area contributed by atoms with E-state index < -0.39 is 11.9 Å². The number of rotatable bonds is 6. The lowest BCUT2D eigenvalue weighted by Gasteiger charge is -2.36. The van der Waals surface area contributed by atoms with E-state index in [0.717, 1.165) is 49.8 Å². The van der Waals surface area contributed by atoms with Crippen LogP contribution >= 0.6 is 0 Å². The summed E-state index contributed by atoms with van der Waals surface area (Å²) in [6.45, 7) is 4.67. The van der Waals surface area contributed by atoms with E-state index in [1.165, 1.54) is 0 Å². The second kappa shape index (κ2) is 11.8. The molecule has 11 heteroatoms. The number of carboxylic acid groups (broad SMARTS) is 2. The van der Waals surface area contributed by atoms with Crippen molar-refractivity contribution in [2.24, 2.45) is 0 Å². The molecule has 1 amide bonds. The van der Waals surface area contributed by atoms with Gasteiger partial charge in [0.15, 0.2) is 11.5 Å². The number of para-hydroxylation sites is 2. The van der Waals surface area contributed by atoms with Gasteiger partial charge >= 0.3 is 11.9 Å². The van der Waals surface area contributed by atoms with Crippen LogP contribution < -0.4 is 24.4 Å². The number of hydrogen-bond donors (Lipinski definition) is 3. The summed E-state index contributed by atoms with van der Waals surface area (Å²) in [7, 11) is 1.70. The number of fused-ring (bicyclic) bond motifs is 1. The number of nitrogens with zero attached hydrogens (tertiary/aromatic N) is 2. The average Bonchev–Trinajstić information content (AvgIpc) is 3.31. The van der Waals surface area contributed by atoms with E-state index >= 15 is 0 Å². The summed E-state index contributed by atoms with van der Waals surface area (Å²) in [4.78, 5) is 35.1. The molecule has 34 heavy (non-hydrogen) atoms. The Hall–Kier alpha value is -3.99. The number of amides is 1. The van der Waals surface area contributed by atoms with E-state index in [4.69, 9.17) is 34.0 Å². The average molecular weight is 473 g/mol. The van der Waals surface area contributed by atoms with Crippen LogP contribution in [0.1, 0.15) is 6.42 Å². The molecule has 2 aliphatic rings. The Labute approximate surface area is 196 Å². The lowest BCUT2D eigenvalue weighted by atomic mass is 10.2. The number of hydrogen-bond acceptors (Lipinski definition) is 8. The Kier molecular flexibility index (Phi) is 8.52. The Morgan fingerprint density at radius 1 is 0.971 bits per heavy atom. The Morgan fingerprint density at radius 3 is 2.32 bits per heavy atom. The number of carbonyl (C=O) groups excluding carboxylic acids is 1. The fourth-order valence-electron chi connectivity index (χ4n) is 3.56. The van der Waals surface area contributed by atoms with Crippen LogP contribution in [-0.2, 0) is 14.4 Å². The molecule has 2 aliphatic heterocycles. The van der Waals surface area contributed by atoms with E-state index in [1.54, 1.807) is 13.2 Å². The third-order valence-corrected chi connectivity index (χ3v) is 5.29. The van der Waals surface area contributed by atoms with Crippen molar-refractivity contribution in [1.29, 1.82) is 0 Å². The zero-order valence-corrected chi connectivity index (χ0v) is 18.7. The molecular formula is C23H27N3O8. The maximum Gasteiger partial charge on any atom is 0.414 e. The quantitative estimate of drug-likeness (QED) is 0.532. The summed E-state index contributed by atoms with van der Waals surface area (Å²) in [5, 5.41) is 17.7. The summed E-state index contributed by atoms with van der Waals surface area (Å²) in [5.41, 5.74) is 1.86. The number of methoxy groups -OCH3 is 1. The molecule has 3 N–H and O–H groups in total. The van der Waals surface area contributed by atoms with E-state index in [1.807, 2.05) is 30.3 Å². The third kappa shape index (κ3) is 6.75. The molecule has 1 fully saturated rings. The van der Waals surface area contributed by atoms with Crippen molar-refractivity contribution < 1.29 is 38.8 Å². The monoisotopic (exact) mass is 473 g/mol. The molecule has 0 unspecified atom stereocenters. The van der Waals surface area contributed by atoms with Crippen molar-refractivity contribution in [2.45, 2.75) is 6.42 Å². The fourth-order valence-corrected chi connectivity index (χ4v) is 3.56. The minimum absolute atomic E-state index is 0.00558. The van der Waals surface area contributed by atoms with E-state index in [9.17, 15) is 4.79 Å². The van der Waals surface area contributed by atoms with Crippen LogP contribution in [0.2, 0.25) is 0 Å². The van der Waals surface area contributed by atoms with Crippen molar-refractivity contribution in [1.82, 2.24) is 4.90 Å². The predicted molar refractivity (Wildman–Crippen MR) is 123 cm³/mol. The number of anilines is 2. The molecule has 0 saturated carbocycles. The maximum absolute atomic E-state index is 12.3. The smallest absolute Gasteiger partial charge is 0.414 e. The van der Waals surface area contributed by atoms with Gasteiger partial charge in [-0.15, -0.1) is 0 Å². The normalized spacial score (nSPS) is 14.6. The lowest BCUT2D eigenvalue weighted by Crippen LogP contribution is -2.47. The van der Waals surface area contributed by atoms with Crippen molar-refractivity contribution in [3.8, 4) is 17.2 Å². The van der Waals surface area contributed by atoms with Crippen LogP contribution in [0.15, 0.2) is 42.5 Å². The molecular weight excluding hydrogens is 446 g/mol. The van der Waals surface area contributed by atoms with E-state index in [-0.39, 0.29) is 12.7 Å². The van der Waals surface area contributed by atoms with E-state index in [0.29, 0.717) is 17.9 Å². The fraction of sp³-hybridized carbons (Fsp3) is 0.348. The first kappa shape index (κ1) is 24.6. The highest BCUT2D eigenvalue weighted by atomic mass is 16.7. The highest BCUT2D eigenvalue weighted by Crippen LogP contribution is 2.34. The standard InChI is InChI=1S/C21H25N3O4.C2H2O4/c1-26-18-5-3-2-4-17(18)24-12-10-23(11-13-24)9-8-21(25)22-16-6-7-19-20(14-16)28-15-27-19;3-1(4)2(5)6/h2-7,14H,8-13,15H2,1H3,(H,22,25);(H,3,4)(H,5,6). The highest BCUT2D eigenvalue weighted by Gasteiger charge is 2.20. The molecule has 0 spiro atoms. The number of aliphatic carboxylic acids is 2. The molecule has 2 aromatic rings. The summed E-state index contributed by atoms with van der Waals surface area (Å²) >= 11 is 0. The zero-order chi connectivity index (χ0) is 24.5. The zero-order valence-electron chi connectivity index (χ0n) is 18.7. The maximum atomic E-state index is 12.3. The van der Waals surface area contributed by atoms with Gasteiger partial charge in [0, 0.05) is 50.9 Å². The number of benzene rings is 2. The lowest BCUT2D eigenvalue weighted by molar-refractivity contribution is -0.159. The van der Waals surface area contributed by atoms with Crippen molar-refractivity contribution in [3.63, 3.8) is 0 Å². The van der Waals surface area contributed by atoms with Gasteiger partial charge in [0.05, 0.1) is 12.8 Å². The predicted octanol–water partition coefficient (Wildman–Crippen LogP) is 1.73. The molecule has 11 nitrogen and oxygen atoms in total. The van der Waals surface area contributed by atoms with Gasteiger partial charge in [-0.2, -0.15) is 0 Å². The minimum atomic E-state index is -1.82. The molecule has 0 aromatic heterocycles. The van der Waals surface area contributed by atoms with Crippen LogP contribution in [-0.4, -0.2) is 79.6 Å². The van der Waals surface area contributed by atoms with Gasteiger partial charge in [-0.3, -0.25) is 9.69 Å². The largest absolute Gasteiger partial charge is 0.495 e. The third-order valence-electron chi connectivity index (χ3n) is 5.29. The number of nitrogens with one attached hydrogen (secondary N) is 1. The number of ether oxygens (including phenoxy) is 3. The van der Waals surface area contributed by atoms with Gasteiger partial charge < -0.3 is 34.6 Å². The molecule has 0 radical (unpaired) electrons. The summed E-state index contributed by atoms with van der Waals surface area (Å²) < 4.78 is 16.1. The van der Waals surface area contributed by atoms with Crippen LogP contribution in [0.4, 0.5) is 11.4 Å². The number of piperazine rings is 1. The molecule has 2 aromatic carbocycles. The van der Waals surface area contributed by atoms with Gasteiger partial charge in [0.2, 0.25) is 12.7 Å². The van der Waals surface area contributed by atoms with Gasteiger partial charge in [0.1, 0.15) is 5.75 Å². The summed E-state index contributed by atoms with van der Waals surface area (Å²) in [6.07, 6.45) is 0.461. The molecule has 0 aliphatic carbocycles.